The summed E-state index contributed by atoms with van der Waals surface area (Å²) in [6.45, 7) is 0.545. The van der Waals surface area contributed by atoms with Gasteiger partial charge in [0.05, 0.1) is 0 Å². The van der Waals surface area contributed by atoms with Gasteiger partial charge in [0.25, 0.3) is 5.91 Å². The highest BCUT2D eigenvalue weighted by atomic mass is 16.5. The summed E-state index contributed by atoms with van der Waals surface area (Å²) in [5.74, 6) is 3.17. The van der Waals surface area contributed by atoms with Crippen LogP contribution in [0.3, 0.4) is 0 Å². The molecule has 6 heteroatoms. The van der Waals surface area contributed by atoms with Gasteiger partial charge in [-0.05, 0) is 104 Å². The summed E-state index contributed by atoms with van der Waals surface area (Å²) in [5.41, 5.74) is 3.72. The Balaban J connectivity index is 1.11. The van der Waals surface area contributed by atoms with Crippen molar-refractivity contribution < 1.29 is 19.1 Å². The van der Waals surface area contributed by atoms with E-state index >= 15 is 0 Å². The number of ether oxygens (including phenoxy) is 2. The maximum atomic E-state index is 13.9. The van der Waals surface area contributed by atoms with Crippen LogP contribution in [0.4, 0.5) is 5.69 Å². The molecule has 2 amide bonds. The maximum Gasteiger partial charge on any atom is 0.255 e. The Kier molecular flexibility index (Phi) is 5.94. The predicted octanol–water partition coefficient (Wildman–Crippen LogP) is 6.23. The fraction of sp³-hybridized carbons (Fsp3) is 0.500. The first-order valence-electron chi connectivity index (χ1n) is 14.3. The highest BCUT2D eigenvalue weighted by Gasteiger charge is 2.51. The van der Waals surface area contributed by atoms with Crippen molar-refractivity contribution in [3.8, 4) is 0 Å². The molecular formula is C32H36N2O4. The van der Waals surface area contributed by atoms with Crippen molar-refractivity contribution >= 4 is 17.5 Å². The molecule has 8 rings (SSSR count). The van der Waals surface area contributed by atoms with Crippen LogP contribution in [0, 0.1) is 23.2 Å². The lowest BCUT2D eigenvalue weighted by Crippen LogP contribution is -2.48. The second-order valence-electron chi connectivity index (χ2n) is 12.4. The fourth-order valence-corrected chi connectivity index (χ4v) is 8.74. The number of carbonyl (C=O) groups excluding carboxylic acids is 2. The van der Waals surface area contributed by atoms with E-state index in [-0.39, 0.29) is 23.3 Å². The topological polar surface area (TPSA) is 67.9 Å². The molecule has 0 spiro atoms. The van der Waals surface area contributed by atoms with Crippen molar-refractivity contribution in [3.05, 3.63) is 77.7 Å². The molecular weight excluding hydrogens is 476 g/mol. The van der Waals surface area contributed by atoms with E-state index in [1.807, 2.05) is 29.2 Å². The Morgan fingerprint density at radius 3 is 2.55 bits per heavy atom. The first-order valence-corrected chi connectivity index (χ1v) is 14.3. The zero-order chi connectivity index (χ0) is 25.7. The molecule has 2 aliphatic heterocycles. The van der Waals surface area contributed by atoms with E-state index in [0.29, 0.717) is 30.7 Å². The normalized spacial score (nSPS) is 31.6. The minimum absolute atomic E-state index is 0.0389. The van der Waals surface area contributed by atoms with Crippen molar-refractivity contribution in [1.82, 2.24) is 4.90 Å². The second kappa shape index (κ2) is 9.48. The van der Waals surface area contributed by atoms with E-state index in [4.69, 9.17) is 9.47 Å². The lowest BCUT2D eigenvalue weighted by Gasteiger charge is -2.56. The Bertz CT molecular complexity index is 1240. The van der Waals surface area contributed by atoms with Gasteiger partial charge in [0.1, 0.15) is 24.8 Å². The zero-order valence-electron chi connectivity index (χ0n) is 21.9. The molecule has 1 N–H and O–H groups in total. The molecule has 198 valence electrons. The lowest BCUT2D eigenvalue weighted by atomic mass is 9.49. The zero-order valence-corrected chi connectivity index (χ0v) is 21.9. The first kappa shape index (κ1) is 23.8. The van der Waals surface area contributed by atoms with Crippen molar-refractivity contribution in [2.45, 2.75) is 70.3 Å². The number of rotatable bonds is 6. The van der Waals surface area contributed by atoms with Crippen molar-refractivity contribution in [2.75, 3.05) is 11.9 Å². The van der Waals surface area contributed by atoms with Crippen molar-refractivity contribution in [2.24, 2.45) is 23.2 Å². The average molecular weight is 513 g/mol. The molecule has 38 heavy (non-hydrogen) atoms. The third kappa shape index (κ3) is 4.28. The summed E-state index contributed by atoms with van der Waals surface area (Å²) < 4.78 is 11.2. The third-order valence-corrected chi connectivity index (χ3v) is 9.75. The maximum absolute atomic E-state index is 13.9. The molecule has 0 radical (unpaired) electrons. The van der Waals surface area contributed by atoms with Crippen LogP contribution >= 0.6 is 0 Å². The van der Waals surface area contributed by atoms with Crippen LogP contribution in [0.25, 0.3) is 0 Å². The van der Waals surface area contributed by atoms with E-state index in [2.05, 4.69) is 17.5 Å². The number of nitrogens with one attached hydrogen (secondary N) is 1. The Morgan fingerprint density at radius 2 is 1.87 bits per heavy atom. The van der Waals surface area contributed by atoms with Crippen LogP contribution in [-0.4, -0.2) is 29.3 Å². The minimum Gasteiger partial charge on any atom is -0.466 e. The summed E-state index contributed by atoms with van der Waals surface area (Å²) in [6.07, 6.45) is 21.7. The van der Waals surface area contributed by atoms with Crippen LogP contribution in [-0.2, 0) is 20.7 Å². The number of anilines is 1. The molecule has 0 saturated heterocycles. The molecule has 4 saturated carbocycles. The standard InChI is InChI=1S/C32H36N2O4/c35-29(19-32-16-21-13-22(17-32)15-23(14-21)18-32)33-27-8-4-7-26-25(27)9-10-34(31(26)36)30(24-5-2-1-3-6-24)28-20-37-11-12-38-28/h1-2,4-5,7-8,11-12,20-23,30H,3,6,9-10,13-19H2,(H,33,35). The Hall–Kier alpha value is -3.28. The minimum atomic E-state index is -0.320. The summed E-state index contributed by atoms with van der Waals surface area (Å²) in [7, 11) is 0. The molecule has 7 aliphatic rings. The van der Waals surface area contributed by atoms with Gasteiger partial charge in [-0.25, -0.2) is 0 Å². The van der Waals surface area contributed by atoms with Crippen LogP contribution in [0.2, 0.25) is 0 Å². The van der Waals surface area contributed by atoms with Gasteiger partial charge in [-0.2, -0.15) is 0 Å². The number of amides is 2. The summed E-state index contributed by atoms with van der Waals surface area (Å²) in [5, 5.41) is 3.24. The van der Waals surface area contributed by atoms with Gasteiger partial charge in [0, 0.05) is 24.2 Å². The van der Waals surface area contributed by atoms with Gasteiger partial charge in [0.15, 0.2) is 5.76 Å². The van der Waals surface area contributed by atoms with Crippen LogP contribution < -0.4 is 5.32 Å². The number of nitrogens with zero attached hydrogens (tertiary/aromatic N) is 1. The molecule has 6 nitrogen and oxygen atoms in total. The smallest absolute Gasteiger partial charge is 0.255 e. The predicted molar refractivity (Wildman–Crippen MR) is 145 cm³/mol. The number of hydrogen-bond donors (Lipinski definition) is 1. The van der Waals surface area contributed by atoms with E-state index in [9.17, 15) is 9.59 Å². The van der Waals surface area contributed by atoms with E-state index in [0.717, 1.165) is 47.4 Å². The summed E-state index contributed by atoms with van der Waals surface area (Å²) in [6, 6.07) is 5.41. The molecule has 1 aromatic carbocycles. The van der Waals surface area contributed by atoms with E-state index < -0.39 is 0 Å². The number of carbonyl (C=O) groups is 2. The van der Waals surface area contributed by atoms with Crippen LogP contribution in [0.1, 0.15) is 73.7 Å². The van der Waals surface area contributed by atoms with Gasteiger partial charge in [0.2, 0.25) is 5.91 Å². The first-order chi connectivity index (χ1) is 18.6. The Morgan fingerprint density at radius 1 is 1.08 bits per heavy atom. The molecule has 4 fully saturated rings. The lowest BCUT2D eigenvalue weighted by molar-refractivity contribution is -0.124. The summed E-state index contributed by atoms with van der Waals surface area (Å²) >= 11 is 0. The molecule has 1 aromatic rings. The number of hydrogen-bond acceptors (Lipinski definition) is 4. The molecule has 0 aromatic heterocycles. The number of allylic oxidation sites excluding steroid dienone is 3. The van der Waals surface area contributed by atoms with Crippen molar-refractivity contribution in [3.63, 3.8) is 0 Å². The summed E-state index contributed by atoms with van der Waals surface area (Å²) in [4.78, 5) is 29.2. The van der Waals surface area contributed by atoms with Gasteiger partial charge >= 0.3 is 0 Å². The number of benzene rings is 1. The average Bonchev–Trinajstić information content (AvgIpc) is 2.91. The van der Waals surface area contributed by atoms with E-state index in [1.54, 1.807) is 6.26 Å². The molecule has 5 aliphatic carbocycles. The monoisotopic (exact) mass is 512 g/mol. The van der Waals surface area contributed by atoms with Crippen LogP contribution in [0.5, 0.6) is 0 Å². The van der Waals surface area contributed by atoms with Gasteiger partial charge in [-0.1, -0.05) is 24.3 Å². The molecule has 2 heterocycles. The Labute approximate surface area is 224 Å². The van der Waals surface area contributed by atoms with Crippen LogP contribution in [0.15, 0.2) is 66.5 Å². The molecule has 1 atom stereocenters. The highest BCUT2D eigenvalue weighted by Crippen LogP contribution is 2.61. The quantitative estimate of drug-likeness (QED) is 0.490. The highest BCUT2D eigenvalue weighted by molar-refractivity contribution is 6.01. The van der Waals surface area contributed by atoms with Gasteiger partial charge in [-0.3, -0.25) is 9.59 Å². The number of fused-ring (bicyclic) bond motifs is 1. The largest absolute Gasteiger partial charge is 0.466 e. The SMILES string of the molecule is O=C(CC12CC3CC(CC(C3)C1)C2)Nc1cccc2c1CCN(C(C1=CC=CCC1)C1=COC=CO1)C2=O. The fourth-order valence-electron chi connectivity index (χ4n) is 8.74. The molecule has 4 bridgehead atoms. The second-order valence-corrected chi connectivity index (χ2v) is 12.4. The third-order valence-electron chi connectivity index (χ3n) is 9.75. The van der Waals surface area contributed by atoms with Gasteiger partial charge < -0.3 is 19.7 Å². The molecule has 1 unspecified atom stereocenters. The van der Waals surface area contributed by atoms with Crippen molar-refractivity contribution in [1.29, 1.82) is 0 Å². The van der Waals surface area contributed by atoms with E-state index in [1.165, 1.54) is 51.0 Å². The van der Waals surface area contributed by atoms with Gasteiger partial charge in [-0.15, -0.1) is 0 Å².